The summed E-state index contributed by atoms with van der Waals surface area (Å²) in [4.78, 5) is 15.8. The first-order valence-electron chi connectivity index (χ1n) is 5.06. The van der Waals surface area contributed by atoms with E-state index in [4.69, 9.17) is 0 Å². The molecule has 1 heterocycles. The number of H-pyrrole nitrogens is 1. The Kier molecular flexibility index (Phi) is 2.78. The summed E-state index contributed by atoms with van der Waals surface area (Å²) in [5.41, 5.74) is 1.09. The number of carbonyl (C=O) groups excluding carboxylic acids is 1. The zero-order chi connectivity index (χ0) is 12.4. The van der Waals surface area contributed by atoms with Crippen LogP contribution in [0.1, 0.15) is 21.7 Å². The van der Waals surface area contributed by atoms with E-state index in [1.807, 2.05) is 0 Å². The number of aromatic amines is 1. The predicted molar refractivity (Wildman–Crippen MR) is 61.9 cm³/mol. The average Bonchev–Trinajstić information content (AvgIpc) is 2.68. The maximum atomic E-state index is 11.8. The van der Waals surface area contributed by atoms with Gasteiger partial charge in [-0.25, -0.2) is 0 Å². The van der Waals surface area contributed by atoms with Gasteiger partial charge in [0.1, 0.15) is 11.6 Å². The van der Waals surface area contributed by atoms with Crippen LogP contribution in [0, 0.1) is 13.8 Å². The number of anilines is 1. The molecule has 17 heavy (non-hydrogen) atoms. The van der Waals surface area contributed by atoms with Crippen molar-refractivity contribution >= 4 is 11.9 Å². The Labute approximate surface area is 97.7 Å². The number of phenolic OH excluding ortho intramolecular Hbond substituents is 1. The molecule has 6 heteroatoms. The Morgan fingerprint density at radius 1 is 1.41 bits per heavy atom. The lowest BCUT2D eigenvalue weighted by Gasteiger charge is -2.03. The molecule has 0 fully saturated rings. The third-order valence-corrected chi connectivity index (χ3v) is 2.28. The van der Waals surface area contributed by atoms with Crippen LogP contribution in [0.5, 0.6) is 5.75 Å². The van der Waals surface area contributed by atoms with Gasteiger partial charge in [-0.15, -0.1) is 5.10 Å². The highest BCUT2D eigenvalue weighted by Gasteiger charge is 2.09. The van der Waals surface area contributed by atoms with Crippen LogP contribution >= 0.6 is 0 Å². The van der Waals surface area contributed by atoms with E-state index < -0.39 is 0 Å². The minimum atomic E-state index is -0.313. The summed E-state index contributed by atoms with van der Waals surface area (Å²) in [5, 5.41) is 18.3. The van der Waals surface area contributed by atoms with Crippen LogP contribution in [0.4, 0.5) is 5.95 Å². The molecule has 3 N–H and O–H groups in total. The van der Waals surface area contributed by atoms with Crippen molar-refractivity contribution in [1.82, 2.24) is 15.2 Å². The molecule has 0 saturated heterocycles. The fourth-order valence-electron chi connectivity index (χ4n) is 1.37. The van der Waals surface area contributed by atoms with Gasteiger partial charge in [-0.2, -0.15) is 4.98 Å². The topological polar surface area (TPSA) is 90.9 Å². The number of aryl methyl sites for hydroxylation is 2. The van der Waals surface area contributed by atoms with E-state index in [-0.39, 0.29) is 17.6 Å². The molecule has 1 aromatic heterocycles. The van der Waals surface area contributed by atoms with E-state index in [0.29, 0.717) is 17.0 Å². The van der Waals surface area contributed by atoms with Gasteiger partial charge in [-0.05, 0) is 37.6 Å². The van der Waals surface area contributed by atoms with Gasteiger partial charge in [0, 0.05) is 5.56 Å². The lowest BCUT2D eigenvalue weighted by Crippen LogP contribution is -2.13. The van der Waals surface area contributed by atoms with Crippen LogP contribution in [-0.2, 0) is 0 Å². The van der Waals surface area contributed by atoms with Crippen LogP contribution in [0.25, 0.3) is 0 Å². The molecule has 88 valence electrons. The minimum absolute atomic E-state index is 0.162. The minimum Gasteiger partial charge on any atom is -0.508 e. The van der Waals surface area contributed by atoms with Crippen molar-refractivity contribution in [3.05, 3.63) is 35.2 Å². The van der Waals surface area contributed by atoms with Gasteiger partial charge in [-0.1, -0.05) is 0 Å². The molecule has 0 spiro atoms. The van der Waals surface area contributed by atoms with Crippen molar-refractivity contribution in [2.45, 2.75) is 13.8 Å². The largest absolute Gasteiger partial charge is 0.508 e. The van der Waals surface area contributed by atoms with Gasteiger partial charge < -0.3 is 5.11 Å². The van der Waals surface area contributed by atoms with Crippen LogP contribution in [-0.4, -0.2) is 26.2 Å². The van der Waals surface area contributed by atoms with Crippen LogP contribution in [0.3, 0.4) is 0 Å². The number of benzene rings is 1. The summed E-state index contributed by atoms with van der Waals surface area (Å²) in [5.74, 6) is 0.711. The molecule has 6 nitrogen and oxygen atoms in total. The molecule has 1 amide bonds. The van der Waals surface area contributed by atoms with E-state index in [0.717, 1.165) is 0 Å². The molecule has 0 radical (unpaired) electrons. The second-order valence-electron chi connectivity index (χ2n) is 3.70. The Hall–Kier alpha value is -2.37. The lowest BCUT2D eigenvalue weighted by molar-refractivity contribution is 0.102. The molecular formula is C11H12N4O2. The first-order valence-corrected chi connectivity index (χ1v) is 5.06. The van der Waals surface area contributed by atoms with Crippen LogP contribution < -0.4 is 5.32 Å². The van der Waals surface area contributed by atoms with Gasteiger partial charge in [0.25, 0.3) is 5.91 Å². The van der Waals surface area contributed by atoms with E-state index in [2.05, 4.69) is 20.5 Å². The molecule has 0 atom stereocenters. The zero-order valence-electron chi connectivity index (χ0n) is 9.48. The van der Waals surface area contributed by atoms with Gasteiger partial charge >= 0.3 is 0 Å². The number of carbonyl (C=O) groups is 1. The van der Waals surface area contributed by atoms with E-state index >= 15 is 0 Å². The SMILES string of the molecule is Cc1nc(NC(=O)c2ccc(O)c(C)c2)n[nH]1. The summed E-state index contributed by atoms with van der Waals surface area (Å²) < 4.78 is 0. The quantitative estimate of drug-likeness (QED) is 0.729. The van der Waals surface area contributed by atoms with Crippen LogP contribution in [0.15, 0.2) is 18.2 Å². The second-order valence-corrected chi connectivity index (χ2v) is 3.70. The summed E-state index contributed by atoms with van der Waals surface area (Å²) in [7, 11) is 0. The molecule has 2 aromatic rings. The molecule has 0 saturated carbocycles. The van der Waals surface area contributed by atoms with E-state index in [9.17, 15) is 9.90 Å². The van der Waals surface area contributed by atoms with Gasteiger partial charge in [0.15, 0.2) is 0 Å². The smallest absolute Gasteiger partial charge is 0.258 e. The third kappa shape index (κ3) is 2.41. The highest BCUT2D eigenvalue weighted by atomic mass is 16.3. The number of aromatic hydroxyl groups is 1. The van der Waals surface area contributed by atoms with Crippen molar-refractivity contribution in [2.24, 2.45) is 0 Å². The summed E-state index contributed by atoms with van der Waals surface area (Å²) in [6.45, 7) is 3.47. The monoisotopic (exact) mass is 232 g/mol. The van der Waals surface area contributed by atoms with Crippen molar-refractivity contribution in [3.63, 3.8) is 0 Å². The third-order valence-electron chi connectivity index (χ3n) is 2.28. The molecule has 0 unspecified atom stereocenters. The molecule has 1 aromatic carbocycles. The summed E-state index contributed by atoms with van der Waals surface area (Å²) in [6, 6.07) is 4.62. The number of aromatic nitrogens is 3. The first-order chi connectivity index (χ1) is 8.06. The van der Waals surface area contributed by atoms with Crippen molar-refractivity contribution in [2.75, 3.05) is 5.32 Å². The Balaban J connectivity index is 2.17. The first kappa shape index (κ1) is 11.1. The van der Waals surface area contributed by atoms with Crippen molar-refractivity contribution in [1.29, 1.82) is 0 Å². The zero-order valence-corrected chi connectivity index (χ0v) is 9.48. The van der Waals surface area contributed by atoms with Gasteiger partial charge in [0.2, 0.25) is 5.95 Å². The van der Waals surface area contributed by atoms with Gasteiger partial charge in [0.05, 0.1) is 0 Å². The number of hydrogen-bond acceptors (Lipinski definition) is 4. The maximum Gasteiger partial charge on any atom is 0.258 e. The number of phenols is 1. The summed E-state index contributed by atoms with van der Waals surface area (Å²) >= 11 is 0. The average molecular weight is 232 g/mol. The number of nitrogens with one attached hydrogen (secondary N) is 2. The van der Waals surface area contributed by atoms with Crippen LogP contribution in [0.2, 0.25) is 0 Å². The number of amides is 1. The van der Waals surface area contributed by atoms with E-state index in [1.165, 1.54) is 12.1 Å². The fraction of sp³-hybridized carbons (Fsp3) is 0.182. The second kappa shape index (κ2) is 4.25. The summed E-state index contributed by atoms with van der Waals surface area (Å²) in [6.07, 6.45) is 0. The Bertz CT molecular complexity index is 562. The van der Waals surface area contributed by atoms with Gasteiger partial charge in [-0.3, -0.25) is 15.2 Å². The predicted octanol–water partition coefficient (Wildman–Crippen LogP) is 1.38. The highest BCUT2D eigenvalue weighted by Crippen LogP contribution is 2.17. The maximum absolute atomic E-state index is 11.8. The Morgan fingerprint density at radius 3 is 2.76 bits per heavy atom. The highest BCUT2D eigenvalue weighted by molar-refractivity contribution is 6.03. The number of hydrogen-bond donors (Lipinski definition) is 3. The Morgan fingerprint density at radius 2 is 2.18 bits per heavy atom. The molecule has 0 bridgehead atoms. The molecule has 0 aliphatic carbocycles. The normalized spacial score (nSPS) is 10.2. The molecule has 0 aliphatic heterocycles. The molecule has 0 aliphatic rings. The fourth-order valence-corrected chi connectivity index (χ4v) is 1.37. The van der Waals surface area contributed by atoms with Crippen molar-refractivity contribution in [3.8, 4) is 5.75 Å². The number of nitrogens with zero attached hydrogens (tertiary/aromatic N) is 2. The number of rotatable bonds is 2. The van der Waals surface area contributed by atoms with E-state index in [1.54, 1.807) is 19.9 Å². The molecular weight excluding hydrogens is 220 g/mol. The lowest BCUT2D eigenvalue weighted by atomic mass is 10.1. The van der Waals surface area contributed by atoms with Crippen molar-refractivity contribution < 1.29 is 9.90 Å². The molecule has 2 rings (SSSR count). The standard InChI is InChI=1S/C11H12N4O2/c1-6-5-8(3-4-9(6)16)10(17)13-11-12-7(2)14-15-11/h3-5,16H,1-2H3,(H2,12,13,14,15,17).